The Morgan fingerprint density at radius 3 is 2.51 bits per heavy atom. The van der Waals surface area contributed by atoms with Gasteiger partial charge in [0.25, 0.3) is 5.56 Å². The first kappa shape index (κ1) is 22.5. The maximum Gasteiger partial charge on any atom is 0.282 e. The van der Waals surface area contributed by atoms with E-state index in [-0.39, 0.29) is 18.0 Å². The molecule has 0 aliphatic carbocycles. The second kappa shape index (κ2) is 9.91. The molecule has 0 atom stereocenters. The van der Waals surface area contributed by atoms with Gasteiger partial charge >= 0.3 is 0 Å². The van der Waals surface area contributed by atoms with Crippen molar-refractivity contribution in [3.8, 4) is 17.1 Å². The SMILES string of the molecule is O=c1c2ccccc2nc(-c2ccccc2)n1N=Cc1cc(Cl)ccc1OCc1ccccc1F. The molecule has 1 aromatic heterocycles. The van der Waals surface area contributed by atoms with E-state index < -0.39 is 0 Å². The second-order valence-electron chi connectivity index (χ2n) is 7.74. The third-order valence-electron chi connectivity index (χ3n) is 5.41. The predicted octanol–water partition coefficient (Wildman–Crippen LogP) is 6.32. The summed E-state index contributed by atoms with van der Waals surface area (Å²) in [5.41, 5.74) is 1.98. The van der Waals surface area contributed by atoms with E-state index >= 15 is 0 Å². The van der Waals surface area contributed by atoms with Crippen molar-refractivity contribution in [3.63, 3.8) is 0 Å². The molecule has 172 valence electrons. The van der Waals surface area contributed by atoms with E-state index in [0.717, 1.165) is 5.56 Å². The molecule has 0 fully saturated rings. The summed E-state index contributed by atoms with van der Waals surface area (Å²) >= 11 is 6.22. The number of benzene rings is 4. The number of rotatable bonds is 6. The first-order valence-corrected chi connectivity index (χ1v) is 11.3. The van der Waals surface area contributed by atoms with E-state index in [4.69, 9.17) is 21.3 Å². The van der Waals surface area contributed by atoms with Crippen LogP contribution < -0.4 is 10.3 Å². The number of para-hydroxylation sites is 1. The molecule has 0 amide bonds. The first-order valence-electron chi connectivity index (χ1n) is 10.9. The summed E-state index contributed by atoms with van der Waals surface area (Å²) in [5, 5.41) is 5.40. The standard InChI is InChI=1S/C28H19ClFN3O2/c29-22-14-15-26(35-18-20-10-4-6-12-24(20)30)21(16-22)17-31-33-27(19-8-2-1-3-9-19)32-25-13-7-5-11-23(25)28(33)34/h1-17H,18H2. The fraction of sp³-hybridized carbons (Fsp3) is 0.0357. The average molecular weight is 484 g/mol. The molecule has 0 N–H and O–H groups in total. The van der Waals surface area contributed by atoms with Crippen LogP contribution >= 0.6 is 11.6 Å². The van der Waals surface area contributed by atoms with Gasteiger partial charge in [0.05, 0.1) is 17.1 Å². The highest BCUT2D eigenvalue weighted by molar-refractivity contribution is 6.30. The Kier molecular flexibility index (Phi) is 6.37. The smallest absolute Gasteiger partial charge is 0.282 e. The Morgan fingerprint density at radius 2 is 1.69 bits per heavy atom. The zero-order valence-corrected chi connectivity index (χ0v) is 19.2. The van der Waals surface area contributed by atoms with Crippen LogP contribution in [0.3, 0.4) is 0 Å². The van der Waals surface area contributed by atoms with Gasteiger partial charge in [-0.05, 0) is 36.4 Å². The maximum absolute atomic E-state index is 14.0. The number of hydrogen-bond acceptors (Lipinski definition) is 4. The highest BCUT2D eigenvalue weighted by Gasteiger charge is 2.13. The number of hydrogen-bond donors (Lipinski definition) is 0. The molecule has 0 spiro atoms. The van der Waals surface area contributed by atoms with Gasteiger partial charge in [-0.2, -0.15) is 9.78 Å². The minimum atomic E-state index is -0.349. The lowest BCUT2D eigenvalue weighted by Gasteiger charge is -2.11. The Balaban J connectivity index is 1.57. The van der Waals surface area contributed by atoms with Crippen LogP contribution in [0.15, 0.2) is 107 Å². The summed E-state index contributed by atoms with van der Waals surface area (Å²) in [7, 11) is 0. The van der Waals surface area contributed by atoms with Gasteiger partial charge < -0.3 is 4.74 Å². The van der Waals surface area contributed by atoms with Gasteiger partial charge in [0.1, 0.15) is 18.2 Å². The van der Waals surface area contributed by atoms with Gasteiger partial charge in [-0.25, -0.2) is 9.37 Å². The quantitative estimate of drug-likeness (QED) is 0.266. The maximum atomic E-state index is 14.0. The van der Waals surface area contributed by atoms with E-state index in [1.807, 2.05) is 36.4 Å². The molecule has 0 bridgehead atoms. The minimum Gasteiger partial charge on any atom is -0.488 e. The van der Waals surface area contributed by atoms with Crippen molar-refractivity contribution >= 4 is 28.7 Å². The van der Waals surface area contributed by atoms with E-state index in [2.05, 4.69) is 5.10 Å². The van der Waals surface area contributed by atoms with Gasteiger partial charge in [-0.3, -0.25) is 4.79 Å². The highest BCUT2D eigenvalue weighted by atomic mass is 35.5. The number of aromatic nitrogens is 2. The Labute approximate surface area is 205 Å². The summed E-state index contributed by atoms with van der Waals surface area (Å²) < 4.78 is 21.2. The fourth-order valence-electron chi connectivity index (χ4n) is 3.65. The monoisotopic (exact) mass is 483 g/mol. The predicted molar refractivity (Wildman–Crippen MR) is 137 cm³/mol. The second-order valence-corrected chi connectivity index (χ2v) is 8.18. The molecule has 35 heavy (non-hydrogen) atoms. The highest BCUT2D eigenvalue weighted by Crippen LogP contribution is 2.24. The molecule has 5 rings (SSSR count). The molecule has 0 radical (unpaired) electrons. The summed E-state index contributed by atoms with van der Waals surface area (Å²) in [5.74, 6) is 0.504. The van der Waals surface area contributed by atoms with Crippen LogP contribution in [0.2, 0.25) is 5.02 Å². The van der Waals surface area contributed by atoms with Crippen molar-refractivity contribution in [1.29, 1.82) is 0 Å². The molecule has 5 aromatic rings. The average Bonchev–Trinajstić information content (AvgIpc) is 2.89. The summed E-state index contributed by atoms with van der Waals surface area (Å²) in [6.07, 6.45) is 1.49. The Hall–Kier alpha value is -4.29. The zero-order valence-electron chi connectivity index (χ0n) is 18.4. The Bertz CT molecular complexity index is 1600. The molecule has 0 saturated heterocycles. The van der Waals surface area contributed by atoms with Crippen LogP contribution in [0.5, 0.6) is 5.75 Å². The van der Waals surface area contributed by atoms with Crippen LogP contribution in [0.1, 0.15) is 11.1 Å². The van der Waals surface area contributed by atoms with E-state index in [1.54, 1.807) is 54.6 Å². The molecular weight excluding hydrogens is 465 g/mol. The van der Waals surface area contributed by atoms with Crippen LogP contribution in [0.25, 0.3) is 22.3 Å². The van der Waals surface area contributed by atoms with Crippen LogP contribution in [-0.2, 0) is 6.61 Å². The number of halogens is 2. The van der Waals surface area contributed by atoms with Gasteiger partial charge in [0.2, 0.25) is 0 Å². The minimum absolute atomic E-state index is 0.0297. The van der Waals surface area contributed by atoms with Gasteiger partial charge in [0, 0.05) is 21.7 Å². The molecule has 0 saturated carbocycles. The van der Waals surface area contributed by atoms with Crippen molar-refractivity contribution in [2.45, 2.75) is 6.61 Å². The molecular formula is C28H19ClFN3O2. The molecule has 5 nitrogen and oxygen atoms in total. The van der Waals surface area contributed by atoms with Gasteiger partial charge in [-0.1, -0.05) is 72.3 Å². The summed E-state index contributed by atoms with van der Waals surface area (Å²) in [6, 6.07) is 27.9. The van der Waals surface area contributed by atoms with E-state index in [0.29, 0.717) is 38.6 Å². The molecule has 7 heteroatoms. The largest absolute Gasteiger partial charge is 0.488 e. The topological polar surface area (TPSA) is 56.5 Å². The lowest BCUT2D eigenvalue weighted by molar-refractivity contribution is 0.299. The number of nitrogens with zero attached hydrogens (tertiary/aromatic N) is 3. The third kappa shape index (κ3) is 4.83. The molecule has 0 aliphatic rings. The molecule has 4 aromatic carbocycles. The number of fused-ring (bicyclic) bond motifs is 1. The van der Waals surface area contributed by atoms with Gasteiger partial charge in [-0.15, -0.1) is 0 Å². The van der Waals surface area contributed by atoms with Crippen molar-refractivity contribution in [2.75, 3.05) is 0 Å². The number of ether oxygens (including phenoxy) is 1. The third-order valence-corrected chi connectivity index (χ3v) is 5.65. The fourth-order valence-corrected chi connectivity index (χ4v) is 3.83. The van der Waals surface area contributed by atoms with Crippen molar-refractivity contribution in [1.82, 2.24) is 9.66 Å². The van der Waals surface area contributed by atoms with Crippen molar-refractivity contribution in [3.05, 3.63) is 129 Å². The summed E-state index contributed by atoms with van der Waals surface area (Å²) in [4.78, 5) is 18.0. The van der Waals surface area contributed by atoms with Crippen LogP contribution in [0.4, 0.5) is 4.39 Å². The Morgan fingerprint density at radius 1 is 0.943 bits per heavy atom. The van der Waals surface area contributed by atoms with Crippen molar-refractivity contribution < 1.29 is 9.13 Å². The van der Waals surface area contributed by atoms with E-state index in [1.165, 1.54) is 17.0 Å². The summed E-state index contributed by atoms with van der Waals surface area (Å²) in [6.45, 7) is 0.0297. The molecule has 0 unspecified atom stereocenters. The van der Waals surface area contributed by atoms with Crippen LogP contribution in [0, 0.1) is 5.82 Å². The lowest BCUT2D eigenvalue weighted by atomic mass is 10.2. The van der Waals surface area contributed by atoms with Gasteiger partial charge in [0.15, 0.2) is 5.82 Å². The first-order chi connectivity index (χ1) is 17.1. The molecule has 0 aliphatic heterocycles. The van der Waals surface area contributed by atoms with Crippen LogP contribution in [-0.4, -0.2) is 15.9 Å². The van der Waals surface area contributed by atoms with Crippen molar-refractivity contribution in [2.24, 2.45) is 5.10 Å². The molecule has 1 heterocycles. The van der Waals surface area contributed by atoms with E-state index in [9.17, 15) is 9.18 Å². The zero-order chi connectivity index (χ0) is 24.2. The normalized spacial score (nSPS) is 11.3. The lowest BCUT2D eigenvalue weighted by Crippen LogP contribution is -2.20.